The molecule has 0 radical (unpaired) electrons. The van der Waals surface area contributed by atoms with Crippen molar-refractivity contribution in [1.82, 2.24) is 14.8 Å². The Morgan fingerprint density at radius 1 is 1.26 bits per heavy atom. The van der Waals surface area contributed by atoms with Crippen LogP contribution in [0.1, 0.15) is 53.2 Å². The fourth-order valence-corrected chi connectivity index (χ4v) is 3.69. The fourth-order valence-electron chi connectivity index (χ4n) is 3.69. The minimum absolute atomic E-state index is 0.0576. The second-order valence-electron chi connectivity index (χ2n) is 8.55. The highest BCUT2D eigenvalue weighted by molar-refractivity contribution is 6.09. The van der Waals surface area contributed by atoms with Crippen LogP contribution in [0.3, 0.4) is 0 Å². The maximum absolute atomic E-state index is 12.4. The first kappa shape index (κ1) is 19.3. The summed E-state index contributed by atoms with van der Waals surface area (Å²) in [6, 6.07) is 8.06. The van der Waals surface area contributed by atoms with E-state index in [0.29, 0.717) is 18.0 Å². The van der Waals surface area contributed by atoms with Crippen molar-refractivity contribution in [3.05, 3.63) is 30.0 Å². The quantitative estimate of drug-likeness (QED) is 0.654. The van der Waals surface area contributed by atoms with Gasteiger partial charge >= 0.3 is 0 Å². The number of hydrogen-bond donors (Lipinski definition) is 1. The molecule has 0 saturated heterocycles. The zero-order chi connectivity index (χ0) is 19.8. The molecule has 144 valence electrons. The Morgan fingerprint density at radius 3 is 2.63 bits per heavy atom. The van der Waals surface area contributed by atoms with Gasteiger partial charge in [-0.25, -0.2) is 4.98 Å². The molecule has 2 N–H and O–H groups in total. The minimum Gasteiger partial charge on any atom is -0.382 e. The van der Waals surface area contributed by atoms with Crippen molar-refractivity contribution in [3.63, 3.8) is 0 Å². The van der Waals surface area contributed by atoms with Crippen molar-refractivity contribution in [3.8, 4) is 0 Å². The molecule has 0 fully saturated rings. The Hall–Kier alpha value is -2.43. The van der Waals surface area contributed by atoms with E-state index in [1.807, 2.05) is 32.0 Å². The Balaban J connectivity index is 2.17. The van der Waals surface area contributed by atoms with Gasteiger partial charge < -0.3 is 5.73 Å². The van der Waals surface area contributed by atoms with Crippen molar-refractivity contribution in [2.45, 2.75) is 60.4 Å². The van der Waals surface area contributed by atoms with Crippen LogP contribution in [0.4, 0.5) is 5.82 Å². The zero-order valence-corrected chi connectivity index (χ0v) is 17.0. The number of nitrogens with two attached hydrogens (primary N) is 1. The van der Waals surface area contributed by atoms with Gasteiger partial charge in [-0.2, -0.15) is 5.10 Å². The molecule has 0 amide bonds. The van der Waals surface area contributed by atoms with Crippen LogP contribution >= 0.6 is 0 Å². The summed E-state index contributed by atoms with van der Waals surface area (Å²) in [7, 11) is 0. The van der Waals surface area contributed by atoms with Crippen molar-refractivity contribution < 1.29 is 4.79 Å². The first-order chi connectivity index (χ1) is 12.7. The number of carbonyl (C=O) groups excluding carboxylic acids is 1. The summed E-state index contributed by atoms with van der Waals surface area (Å²) in [4.78, 5) is 16.9. The highest BCUT2D eigenvalue weighted by atomic mass is 16.1. The molecule has 1 aromatic carbocycles. The van der Waals surface area contributed by atoms with Crippen molar-refractivity contribution in [1.29, 1.82) is 0 Å². The van der Waals surface area contributed by atoms with E-state index in [-0.39, 0.29) is 11.3 Å². The lowest BCUT2D eigenvalue weighted by atomic mass is 9.80. The SMILES string of the molecule is CCCn1nc2c(N)nc3ccccc3c2c1CC(C)(C)CC(=O)C(C)C. The van der Waals surface area contributed by atoms with Crippen molar-refractivity contribution >= 4 is 33.4 Å². The fraction of sp³-hybridized carbons (Fsp3) is 0.500. The molecular formula is C22H30N4O. The van der Waals surface area contributed by atoms with Gasteiger partial charge in [0.05, 0.1) is 5.52 Å². The number of Topliss-reactive ketones (excluding diaryl/α,β-unsaturated/α-hetero) is 1. The van der Waals surface area contributed by atoms with E-state index < -0.39 is 0 Å². The van der Waals surface area contributed by atoms with Gasteiger partial charge in [0.15, 0.2) is 5.82 Å². The molecule has 3 aromatic rings. The van der Waals surface area contributed by atoms with Crippen LogP contribution in [0.15, 0.2) is 24.3 Å². The molecule has 0 saturated carbocycles. The van der Waals surface area contributed by atoms with Gasteiger partial charge in [0, 0.05) is 35.3 Å². The summed E-state index contributed by atoms with van der Waals surface area (Å²) < 4.78 is 2.07. The van der Waals surface area contributed by atoms with Crippen LogP contribution in [0.5, 0.6) is 0 Å². The molecule has 0 aliphatic heterocycles. The van der Waals surface area contributed by atoms with Gasteiger partial charge in [-0.05, 0) is 24.3 Å². The maximum Gasteiger partial charge on any atom is 0.152 e. The average Bonchev–Trinajstić information content (AvgIpc) is 2.93. The highest BCUT2D eigenvalue weighted by Gasteiger charge is 2.28. The predicted molar refractivity (Wildman–Crippen MR) is 112 cm³/mol. The zero-order valence-electron chi connectivity index (χ0n) is 17.0. The minimum atomic E-state index is -0.154. The van der Waals surface area contributed by atoms with E-state index in [4.69, 9.17) is 10.8 Å². The Labute approximate surface area is 161 Å². The number of aryl methyl sites for hydroxylation is 1. The summed E-state index contributed by atoms with van der Waals surface area (Å²) in [6.07, 6.45) is 2.31. The highest BCUT2D eigenvalue weighted by Crippen LogP contribution is 2.35. The van der Waals surface area contributed by atoms with Crippen molar-refractivity contribution in [2.75, 3.05) is 5.73 Å². The third-order valence-corrected chi connectivity index (χ3v) is 5.09. The number of pyridine rings is 1. The predicted octanol–water partition coefficient (Wildman–Crippen LogP) is 4.76. The molecule has 5 heteroatoms. The lowest BCUT2D eigenvalue weighted by Crippen LogP contribution is -2.24. The molecule has 0 atom stereocenters. The number of carbonyl (C=O) groups is 1. The third-order valence-electron chi connectivity index (χ3n) is 5.09. The van der Waals surface area contributed by atoms with E-state index >= 15 is 0 Å². The molecule has 0 bridgehead atoms. The summed E-state index contributed by atoms with van der Waals surface area (Å²) in [6.45, 7) is 11.2. The second kappa shape index (κ2) is 7.29. The third kappa shape index (κ3) is 3.82. The van der Waals surface area contributed by atoms with Crippen LogP contribution < -0.4 is 5.73 Å². The smallest absolute Gasteiger partial charge is 0.152 e. The van der Waals surface area contributed by atoms with E-state index in [1.54, 1.807) is 0 Å². The summed E-state index contributed by atoms with van der Waals surface area (Å²) >= 11 is 0. The Morgan fingerprint density at radius 2 is 1.96 bits per heavy atom. The number of benzene rings is 1. The van der Waals surface area contributed by atoms with E-state index in [9.17, 15) is 4.79 Å². The topological polar surface area (TPSA) is 73.8 Å². The number of nitrogen functional groups attached to an aromatic ring is 1. The molecule has 2 aromatic heterocycles. The van der Waals surface area contributed by atoms with Crippen molar-refractivity contribution in [2.24, 2.45) is 11.3 Å². The van der Waals surface area contributed by atoms with E-state index in [2.05, 4.69) is 36.5 Å². The van der Waals surface area contributed by atoms with Gasteiger partial charge in [0.2, 0.25) is 0 Å². The van der Waals surface area contributed by atoms with Crippen LogP contribution in [-0.2, 0) is 17.8 Å². The molecular weight excluding hydrogens is 336 g/mol. The molecule has 3 rings (SSSR count). The van der Waals surface area contributed by atoms with Gasteiger partial charge in [0.1, 0.15) is 11.3 Å². The number of aromatic nitrogens is 3. The molecule has 0 unspecified atom stereocenters. The maximum atomic E-state index is 12.4. The first-order valence-corrected chi connectivity index (χ1v) is 9.80. The lowest BCUT2D eigenvalue weighted by molar-refractivity contribution is -0.123. The number of para-hydroxylation sites is 1. The standard InChI is InChI=1S/C22H30N4O/c1-6-11-26-17(12-22(4,5)13-18(27)14(2)3)19-15-9-7-8-10-16(15)24-21(23)20(19)25-26/h7-10,14H,6,11-13H2,1-5H3,(H2,23,24). The number of fused-ring (bicyclic) bond motifs is 3. The lowest BCUT2D eigenvalue weighted by Gasteiger charge is -2.25. The second-order valence-corrected chi connectivity index (χ2v) is 8.55. The molecule has 0 spiro atoms. The molecule has 0 aliphatic carbocycles. The van der Waals surface area contributed by atoms with E-state index in [0.717, 1.165) is 46.9 Å². The summed E-state index contributed by atoms with van der Waals surface area (Å²) in [5.74, 6) is 0.829. The van der Waals surface area contributed by atoms with Crippen LogP contribution in [0.2, 0.25) is 0 Å². The van der Waals surface area contributed by atoms with Gasteiger partial charge in [-0.3, -0.25) is 9.48 Å². The van der Waals surface area contributed by atoms with Gasteiger partial charge in [-0.15, -0.1) is 0 Å². The summed E-state index contributed by atoms with van der Waals surface area (Å²) in [5, 5.41) is 6.95. The molecule has 0 aliphatic rings. The van der Waals surface area contributed by atoms with Crippen LogP contribution in [0, 0.1) is 11.3 Å². The monoisotopic (exact) mass is 366 g/mol. The number of hydrogen-bond acceptors (Lipinski definition) is 4. The summed E-state index contributed by atoms with van der Waals surface area (Å²) in [5.41, 5.74) is 8.89. The largest absolute Gasteiger partial charge is 0.382 e. The number of nitrogens with zero attached hydrogens (tertiary/aromatic N) is 3. The Kier molecular flexibility index (Phi) is 5.22. The molecule has 27 heavy (non-hydrogen) atoms. The van der Waals surface area contributed by atoms with Gasteiger partial charge in [0.25, 0.3) is 0 Å². The average molecular weight is 367 g/mol. The Bertz CT molecular complexity index is 985. The van der Waals surface area contributed by atoms with E-state index in [1.165, 1.54) is 0 Å². The number of anilines is 1. The van der Waals surface area contributed by atoms with Crippen LogP contribution in [-0.4, -0.2) is 20.5 Å². The van der Waals surface area contributed by atoms with Crippen LogP contribution in [0.25, 0.3) is 21.8 Å². The van der Waals surface area contributed by atoms with Gasteiger partial charge in [-0.1, -0.05) is 52.8 Å². The number of rotatable bonds is 7. The first-order valence-electron chi connectivity index (χ1n) is 9.80. The normalized spacial score (nSPS) is 12.4. The number of ketones is 1. The molecule has 2 heterocycles. The molecule has 5 nitrogen and oxygen atoms in total.